The Bertz CT molecular complexity index is 512. The van der Waals surface area contributed by atoms with Gasteiger partial charge in [0.1, 0.15) is 0 Å². The third-order valence-corrected chi connectivity index (χ3v) is 3.98. The second-order valence-electron chi connectivity index (χ2n) is 5.66. The zero-order chi connectivity index (χ0) is 14.7. The van der Waals surface area contributed by atoms with E-state index in [4.69, 9.17) is 5.11 Å². The lowest BCUT2D eigenvalue weighted by molar-refractivity contribution is -0.147. The number of hydrogen-bond acceptors (Lipinski definition) is 2. The summed E-state index contributed by atoms with van der Waals surface area (Å²) in [7, 11) is 0. The Balaban J connectivity index is 1.98. The van der Waals surface area contributed by atoms with Crippen LogP contribution in [0.4, 0.5) is 0 Å². The third-order valence-electron chi connectivity index (χ3n) is 3.98. The number of rotatable bonds is 3. The van der Waals surface area contributed by atoms with Crippen molar-refractivity contribution < 1.29 is 14.7 Å². The topological polar surface area (TPSA) is 57.6 Å². The first kappa shape index (κ1) is 14.6. The molecule has 1 aliphatic rings. The molecule has 0 saturated carbocycles. The van der Waals surface area contributed by atoms with Crippen LogP contribution in [-0.4, -0.2) is 34.5 Å². The summed E-state index contributed by atoms with van der Waals surface area (Å²) in [6.45, 7) is 4.49. The van der Waals surface area contributed by atoms with Crippen LogP contribution in [0.1, 0.15) is 30.9 Å². The molecule has 1 N–H and O–H groups in total. The fourth-order valence-electron chi connectivity index (χ4n) is 2.87. The number of aliphatic carboxylic acids is 1. The summed E-state index contributed by atoms with van der Waals surface area (Å²) >= 11 is 0. The van der Waals surface area contributed by atoms with Crippen molar-refractivity contribution in [3.05, 3.63) is 35.4 Å². The largest absolute Gasteiger partial charge is 0.481 e. The smallest absolute Gasteiger partial charge is 0.306 e. The monoisotopic (exact) mass is 275 g/mol. The first-order valence-corrected chi connectivity index (χ1v) is 7.05. The average molecular weight is 275 g/mol. The number of likely N-dealkylation sites (tertiary alicyclic amines) is 1. The van der Waals surface area contributed by atoms with Crippen LogP contribution in [0.3, 0.4) is 0 Å². The van der Waals surface area contributed by atoms with Crippen LogP contribution in [0.15, 0.2) is 24.3 Å². The van der Waals surface area contributed by atoms with E-state index in [1.54, 1.807) is 0 Å². The van der Waals surface area contributed by atoms with E-state index in [9.17, 15) is 9.59 Å². The fourth-order valence-corrected chi connectivity index (χ4v) is 2.87. The Morgan fingerprint density at radius 3 is 2.75 bits per heavy atom. The van der Waals surface area contributed by atoms with Crippen LogP contribution >= 0.6 is 0 Å². The Hall–Kier alpha value is -1.84. The van der Waals surface area contributed by atoms with Crippen molar-refractivity contribution in [2.45, 2.75) is 39.2 Å². The fraction of sp³-hybridized carbons (Fsp3) is 0.500. The summed E-state index contributed by atoms with van der Waals surface area (Å²) in [5.74, 6) is -0.970. The van der Waals surface area contributed by atoms with Gasteiger partial charge in [-0.1, -0.05) is 29.8 Å². The van der Waals surface area contributed by atoms with E-state index in [1.165, 1.54) is 0 Å². The summed E-state index contributed by atoms with van der Waals surface area (Å²) in [5.41, 5.74) is 2.16. The van der Waals surface area contributed by atoms with Crippen LogP contribution in [-0.2, 0) is 16.0 Å². The molecule has 2 atom stereocenters. The van der Waals surface area contributed by atoms with Crippen molar-refractivity contribution >= 4 is 11.9 Å². The predicted octanol–water partition coefficient (Wildman–Crippen LogP) is 2.25. The van der Waals surface area contributed by atoms with E-state index in [1.807, 2.05) is 43.0 Å². The maximum absolute atomic E-state index is 12.3. The number of carbonyl (C=O) groups excluding carboxylic acids is 1. The Morgan fingerprint density at radius 1 is 1.40 bits per heavy atom. The quantitative estimate of drug-likeness (QED) is 0.920. The van der Waals surface area contributed by atoms with Crippen LogP contribution in [0, 0.1) is 12.8 Å². The molecular formula is C16H21NO3. The maximum atomic E-state index is 12.3. The van der Waals surface area contributed by atoms with Crippen molar-refractivity contribution in [1.29, 1.82) is 0 Å². The molecular weight excluding hydrogens is 254 g/mol. The molecule has 0 spiro atoms. The summed E-state index contributed by atoms with van der Waals surface area (Å²) in [6.07, 6.45) is 1.50. The summed E-state index contributed by atoms with van der Waals surface area (Å²) in [6, 6.07) is 7.95. The number of hydrogen-bond donors (Lipinski definition) is 1. The highest BCUT2D eigenvalue weighted by atomic mass is 16.4. The van der Waals surface area contributed by atoms with E-state index in [-0.39, 0.29) is 17.9 Å². The molecule has 1 heterocycles. The molecule has 1 saturated heterocycles. The minimum Gasteiger partial charge on any atom is -0.481 e. The summed E-state index contributed by atoms with van der Waals surface area (Å²) in [5, 5.41) is 9.04. The van der Waals surface area contributed by atoms with Gasteiger partial charge in [0.2, 0.25) is 5.91 Å². The number of amides is 1. The van der Waals surface area contributed by atoms with Crippen molar-refractivity contribution in [2.75, 3.05) is 6.54 Å². The van der Waals surface area contributed by atoms with E-state index < -0.39 is 5.97 Å². The second kappa shape index (κ2) is 6.07. The number of aryl methyl sites for hydroxylation is 1. The van der Waals surface area contributed by atoms with Crippen molar-refractivity contribution in [1.82, 2.24) is 4.90 Å². The molecule has 0 radical (unpaired) electrons. The SMILES string of the molecule is Cc1cccc(CC(=O)N2CCC(C(=O)O)CC2C)c1. The van der Waals surface area contributed by atoms with Crippen LogP contribution in [0.2, 0.25) is 0 Å². The molecule has 108 valence electrons. The average Bonchev–Trinajstić information content (AvgIpc) is 2.38. The predicted molar refractivity (Wildman–Crippen MR) is 76.4 cm³/mol. The van der Waals surface area contributed by atoms with E-state index in [0.717, 1.165) is 11.1 Å². The van der Waals surface area contributed by atoms with Crippen LogP contribution in [0.5, 0.6) is 0 Å². The van der Waals surface area contributed by atoms with Gasteiger partial charge in [-0.05, 0) is 32.3 Å². The van der Waals surface area contributed by atoms with Crippen LogP contribution < -0.4 is 0 Å². The van der Waals surface area contributed by atoms with E-state index in [0.29, 0.717) is 25.8 Å². The molecule has 4 nitrogen and oxygen atoms in total. The lowest BCUT2D eigenvalue weighted by Gasteiger charge is -2.36. The molecule has 1 aromatic carbocycles. The van der Waals surface area contributed by atoms with Gasteiger partial charge in [-0.3, -0.25) is 9.59 Å². The van der Waals surface area contributed by atoms with Gasteiger partial charge in [-0.2, -0.15) is 0 Å². The Kier molecular flexibility index (Phi) is 4.42. The number of nitrogens with zero attached hydrogens (tertiary/aromatic N) is 1. The van der Waals surface area contributed by atoms with Gasteiger partial charge >= 0.3 is 5.97 Å². The lowest BCUT2D eigenvalue weighted by atomic mass is 9.91. The van der Waals surface area contributed by atoms with Crippen LogP contribution in [0.25, 0.3) is 0 Å². The van der Waals surface area contributed by atoms with E-state index in [2.05, 4.69) is 0 Å². The molecule has 1 fully saturated rings. The highest BCUT2D eigenvalue weighted by molar-refractivity contribution is 5.79. The molecule has 1 aliphatic heterocycles. The number of piperidine rings is 1. The highest BCUT2D eigenvalue weighted by Crippen LogP contribution is 2.23. The minimum absolute atomic E-state index is 0.00200. The first-order valence-electron chi connectivity index (χ1n) is 7.05. The molecule has 2 unspecified atom stereocenters. The second-order valence-corrected chi connectivity index (χ2v) is 5.66. The third kappa shape index (κ3) is 3.38. The summed E-state index contributed by atoms with van der Waals surface area (Å²) < 4.78 is 0. The number of carboxylic acid groups (broad SMARTS) is 1. The normalized spacial score (nSPS) is 22.6. The van der Waals surface area contributed by atoms with Gasteiger partial charge in [0.05, 0.1) is 12.3 Å². The van der Waals surface area contributed by atoms with Crippen molar-refractivity contribution in [3.63, 3.8) is 0 Å². The standard InChI is InChI=1S/C16H21NO3/c1-11-4-3-5-13(8-11)10-15(18)17-7-6-14(16(19)20)9-12(17)2/h3-5,8,12,14H,6-7,9-10H2,1-2H3,(H,19,20). The van der Waals surface area contributed by atoms with Gasteiger partial charge in [-0.15, -0.1) is 0 Å². The van der Waals surface area contributed by atoms with E-state index >= 15 is 0 Å². The van der Waals surface area contributed by atoms with Gasteiger partial charge < -0.3 is 10.0 Å². The van der Waals surface area contributed by atoms with Gasteiger partial charge in [0.25, 0.3) is 0 Å². The molecule has 4 heteroatoms. The molecule has 20 heavy (non-hydrogen) atoms. The Morgan fingerprint density at radius 2 is 2.15 bits per heavy atom. The zero-order valence-corrected chi connectivity index (χ0v) is 12.0. The molecule has 0 aliphatic carbocycles. The molecule has 0 aromatic heterocycles. The number of benzene rings is 1. The maximum Gasteiger partial charge on any atom is 0.306 e. The van der Waals surface area contributed by atoms with Gasteiger partial charge in [-0.25, -0.2) is 0 Å². The lowest BCUT2D eigenvalue weighted by Crippen LogP contribution is -2.46. The zero-order valence-electron chi connectivity index (χ0n) is 12.0. The molecule has 1 amide bonds. The molecule has 1 aromatic rings. The first-order chi connectivity index (χ1) is 9.47. The van der Waals surface area contributed by atoms with Crippen molar-refractivity contribution in [2.24, 2.45) is 5.92 Å². The molecule has 2 rings (SSSR count). The molecule has 0 bridgehead atoms. The highest BCUT2D eigenvalue weighted by Gasteiger charge is 2.31. The Labute approximate surface area is 119 Å². The van der Waals surface area contributed by atoms with Crippen molar-refractivity contribution in [3.8, 4) is 0 Å². The summed E-state index contributed by atoms with van der Waals surface area (Å²) in [4.78, 5) is 25.2. The minimum atomic E-state index is -0.748. The van der Waals surface area contributed by atoms with Gasteiger partial charge in [0, 0.05) is 12.6 Å². The number of carbonyl (C=O) groups is 2. The van der Waals surface area contributed by atoms with Gasteiger partial charge in [0.15, 0.2) is 0 Å². The number of carboxylic acids is 1.